The first-order valence-corrected chi connectivity index (χ1v) is 7.76. The standard InChI is InChI=1S/C17H12Cl3NO/c18-11-6-4-10(5-7-11)17(22)13-9-21-8-12(13)16-14(19)2-1-3-15(16)20/h1-9,17,21-22H/t17-/m0/s1. The Morgan fingerprint density at radius 3 is 2.14 bits per heavy atom. The molecule has 2 nitrogen and oxygen atoms in total. The first-order valence-electron chi connectivity index (χ1n) is 6.62. The molecule has 1 aromatic heterocycles. The molecule has 1 heterocycles. The van der Waals surface area contributed by atoms with Crippen molar-refractivity contribution in [2.45, 2.75) is 6.10 Å². The number of aliphatic hydroxyl groups excluding tert-OH is 1. The normalized spacial score (nSPS) is 12.4. The van der Waals surface area contributed by atoms with Crippen LogP contribution in [0.25, 0.3) is 11.1 Å². The second kappa shape index (κ2) is 6.35. The summed E-state index contributed by atoms with van der Waals surface area (Å²) in [6, 6.07) is 12.4. The lowest BCUT2D eigenvalue weighted by Gasteiger charge is -2.14. The monoisotopic (exact) mass is 351 g/mol. The van der Waals surface area contributed by atoms with Crippen molar-refractivity contribution in [2.75, 3.05) is 0 Å². The van der Waals surface area contributed by atoms with Crippen LogP contribution in [-0.4, -0.2) is 10.1 Å². The number of hydrogen-bond acceptors (Lipinski definition) is 1. The second-order valence-corrected chi connectivity index (χ2v) is 6.13. The van der Waals surface area contributed by atoms with Crippen LogP contribution in [-0.2, 0) is 0 Å². The van der Waals surface area contributed by atoms with Crippen molar-refractivity contribution in [3.05, 3.63) is 81.1 Å². The van der Waals surface area contributed by atoms with Gasteiger partial charge < -0.3 is 10.1 Å². The molecule has 3 aromatic rings. The molecule has 3 rings (SSSR count). The lowest BCUT2D eigenvalue weighted by Crippen LogP contribution is -2.00. The predicted molar refractivity (Wildman–Crippen MR) is 91.8 cm³/mol. The van der Waals surface area contributed by atoms with Gasteiger partial charge in [0.1, 0.15) is 6.10 Å². The van der Waals surface area contributed by atoms with Crippen molar-refractivity contribution < 1.29 is 5.11 Å². The van der Waals surface area contributed by atoms with Gasteiger partial charge in [-0.2, -0.15) is 0 Å². The predicted octanol–water partition coefficient (Wildman–Crippen LogP) is 5.72. The average Bonchev–Trinajstić information content (AvgIpc) is 2.96. The van der Waals surface area contributed by atoms with Crippen molar-refractivity contribution in [1.29, 1.82) is 0 Å². The molecule has 0 aliphatic rings. The number of nitrogens with one attached hydrogen (secondary N) is 1. The molecule has 5 heteroatoms. The van der Waals surface area contributed by atoms with Crippen molar-refractivity contribution in [1.82, 2.24) is 4.98 Å². The molecule has 2 aromatic carbocycles. The lowest BCUT2D eigenvalue weighted by atomic mass is 9.96. The molecule has 0 aliphatic heterocycles. The summed E-state index contributed by atoms with van der Waals surface area (Å²) in [7, 11) is 0. The number of aromatic nitrogens is 1. The van der Waals surface area contributed by atoms with Gasteiger partial charge in [0, 0.05) is 44.2 Å². The highest BCUT2D eigenvalue weighted by Gasteiger charge is 2.19. The number of halogens is 3. The number of rotatable bonds is 3. The van der Waals surface area contributed by atoms with E-state index in [2.05, 4.69) is 4.98 Å². The van der Waals surface area contributed by atoms with Gasteiger partial charge in [0.25, 0.3) is 0 Å². The molecule has 0 unspecified atom stereocenters. The molecule has 22 heavy (non-hydrogen) atoms. The van der Waals surface area contributed by atoms with Crippen LogP contribution in [0.3, 0.4) is 0 Å². The van der Waals surface area contributed by atoms with Crippen LogP contribution in [0.4, 0.5) is 0 Å². The van der Waals surface area contributed by atoms with Crippen LogP contribution in [0.5, 0.6) is 0 Å². The van der Waals surface area contributed by atoms with Crippen LogP contribution >= 0.6 is 34.8 Å². The van der Waals surface area contributed by atoms with Gasteiger partial charge in [-0.3, -0.25) is 0 Å². The summed E-state index contributed by atoms with van der Waals surface area (Å²) in [5.74, 6) is 0. The molecule has 0 radical (unpaired) electrons. The quantitative estimate of drug-likeness (QED) is 0.621. The Bertz CT molecular complexity index is 776. The summed E-state index contributed by atoms with van der Waals surface area (Å²) in [5, 5.41) is 12.3. The molecular weight excluding hydrogens is 341 g/mol. The van der Waals surface area contributed by atoms with E-state index in [1.54, 1.807) is 54.9 Å². The largest absolute Gasteiger partial charge is 0.384 e. The molecule has 0 amide bonds. The van der Waals surface area contributed by atoms with E-state index in [9.17, 15) is 5.11 Å². The highest BCUT2D eigenvalue weighted by atomic mass is 35.5. The van der Waals surface area contributed by atoms with Crippen molar-refractivity contribution in [3.63, 3.8) is 0 Å². The third-order valence-electron chi connectivity index (χ3n) is 3.49. The molecule has 0 saturated heterocycles. The van der Waals surface area contributed by atoms with Crippen LogP contribution < -0.4 is 0 Å². The lowest BCUT2D eigenvalue weighted by molar-refractivity contribution is 0.221. The van der Waals surface area contributed by atoms with Crippen molar-refractivity contribution in [3.8, 4) is 11.1 Å². The number of benzene rings is 2. The van der Waals surface area contributed by atoms with Gasteiger partial charge in [-0.25, -0.2) is 0 Å². The Morgan fingerprint density at radius 2 is 1.50 bits per heavy atom. The molecule has 0 spiro atoms. The van der Waals surface area contributed by atoms with Crippen molar-refractivity contribution in [2.24, 2.45) is 0 Å². The van der Waals surface area contributed by atoms with Gasteiger partial charge in [0.05, 0.1) is 0 Å². The van der Waals surface area contributed by atoms with Gasteiger partial charge in [-0.05, 0) is 29.8 Å². The number of H-pyrrole nitrogens is 1. The Hall–Kier alpha value is -1.45. The van der Waals surface area contributed by atoms with Crippen LogP contribution in [0.15, 0.2) is 54.9 Å². The third-order valence-corrected chi connectivity index (χ3v) is 4.37. The van der Waals surface area contributed by atoms with Gasteiger partial charge in [-0.1, -0.05) is 53.0 Å². The minimum Gasteiger partial charge on any atom is -0.384 e. The summed E-state index contributed by atoms with van der Waals surface area (Å²) in [5.41, 5.74) is 2.93. The molecule has 0 aliphatic carbocycles. The van der Waals surface area contributed by atoms with Gasteiger partial charge in [0.2, 0.25) is 0 Å². The fourth-order valence-corrected chi connectivity index (χ4v) is 3.13. The summed E-state index contributed by atoms with van der Waals surface area (Å²) in [6.07, 6.45) is 2.72. The zero-order chi connectivity index (χ0) is 15.7. The van der Waals surface area contributed by atoms with Gasteiger partial charge in [-0.15, -0.1) is 0 Å². The van der Waals surface area contributed by atoms with Crippen molar-refractivity contribution >= 4 is 34.8 Å². The maximum Gasteiger partial charge on any atom is 0.106 e. The highest BCUT2D eigenvalue weighted by Crippen LogP contribution is 2.39. The Morgan fingerprint density at radius 1 is 0.864 bits per heavy atom. The van der Waals surface area contributed by atoms with E-state index in [0.717, 1.165) is 11.1 Å². The fraction of sp³-hybridized carbons (Fsp3) is 0.0588. The molecule has 112 valence electrons. The first-order chi connectivity index (χ1) is 10.6. The molecule has 1 atom stereocenters. The minimum absolute atomic E-state index is 0.539. The molecular formula is C17H12Cl3NO. The van der Waals surface area contributed by atoms with Crippen LogP contribution in [0.1, 0.15) is 17.2 Å². The fourth-order valence-electron chi connectivity index (χ4n) is 2.40. The maximum atomic E-state index is 10.6. The average molecular weight is 353 g/mol. The number of aliphatic hydroxyl groups is 1. The summed E-state index contributed by atoms with van der Waals surface area (Å²) >= 11 is 18.4. The SMILES string of the molecule is O[C@@H](c1ccc(Cl)cc1)c1c[nH]cc1-c1c(Cl)cccc1Cl. The minimum atomic E-state index is -0.800. The second-order valence-electron chi connectivity index (χ2n) is 4.88. The van der Waals surface area contributed by atoms with E-state index in [1.807, 2.05) is 0 Å². The van der Waals surface area contributed by atoms with Gasteiger partial charge >= 0.3 is 0 Å². The Labute approximate surface area is 143 Å². The third kappa shape index (κ3) is 2.88. The van der Waals surface area contributed by atoms with E-state index < -0.39 is 6.10 Å². The maximum absolute atomic E-state index is 10.6. The van der Waals surface area contributed by atoms with E-state index in [0.29, 0.717) is 26.2 Å². The summed E-state index contributed by atoms with van der Waals surface area (Å²) in [4.78, 5) is 3.01. The van der Waals surface area contributed by atoms with E-state index in [-0.39, 0.29) is 0 Å². The van der Waals surface area contributed by atoms with E-state index in [1.165, 1.54) is 0 Å². The molecule has 0 bridgehead atoms. The first kappa shape index (κ1) is 15.4. The molecule has 0 saturated carbocycles. The zero-order valence-corrected chi connectivity index (χ0v) is 13.6. The number of hydrogen-bond donors (Lipinski definition) is 2. The summed E-state index contributed by atoms with van der Waals surface area (Å²) < 4.78 is 0. The van der Waals surface area contributed by atoms with Crippen LogP contribution in [0.2, 0.25) is 15.1 Å². The Kier molecular flexibility index (Phi) is 4.46. The number of aromatic amines is 1. The molecule has 0 fully saturated rings. The topological polar surface area (TPSA) is 36.0 Å². The smallest absolute Gasteiger partial charge is 0.106 e. The molecule has 2 N–H and O–H groups in total. The van der Waals surface area contributed by atoms with E-state index >= 15 is 0 Å². The summed E-state index contributed by atoms with van der Waals surface area (Å²) in [6.45, 7) is 0. The zero-order valence-electron chi connectivity index (χ0n) is 11.4. The Balaban J connectivity index is 2.07. The van der Waals surface area contributed by atoms with Crippen LogP contribution in [0, 0.1) is 0 Å². The highest BCUT2D eigenvalue weighted by molar-refractivity contribution is 6.39. The van der Waals surface area contributed by atoms with Gasteiger partial charge in [0.15, 0.2) is 0 Å². The van der Waals surface area contributed by atoms with E-state index in [4.69, 9.17) is 34.8 Å².